The summed E-state index contributed by atoms with van der Waals surface area (Å²) in [4.78, 5) is 16.8. The maximum Gasteiger partial charge on any atom is 0.254 e. The summed E-state index contributed by atoms with van der Waals surface area (Å²) < 4.78 is 11.0. The number of amides is 1. The van der Waals surface area contributed by atoms with Gasteiger partial charge in [0, 0.05) is 17.0 Å². The fourth-order valence-corrected chi connectivity index (χ4v) is 4.67. The standard InChI is InChI=1S/C23H23NO3S/c1-3-27-19-10-9-17(15-20(19)26-2)23(25)24-13-11-21-18(12-14-28-21)22(24)16-7-5-4-6-8-16/h4-10,12,14-15,22H,3,11,13H2,1-2H3. The average molecular weight is 394 g/mol. The molecule has 2 heterocycles. The Hall–Kier alpha value is -2.79. The van der Waals surface area contributed by atoms with Crippen LogP contribution in [0.5, 0.6) is 11.5 Å². The Labute approximate surface area is 169 Å². The molecule has 4 nitrogen and oxygen atoms in total. The minimum absolute atomic E-state index is 0.00653. The van der Waals surface area contributed by atoms with Gasteiger partial charge in [0.15, 0.2) is 11.5 Å². The minimum atomic E-state index is -0.0683. The summed E-state index contributed by atoms with van der Waals surface area (Å²) in [5.41, 5.74) is 2.97. The SMILES string of the molecule is CCOc1ccc(C(=O)N2CCc3sccc3C2c2ccccc2)cc1OC. The van der Waals surface area contributed by atoms with Crippen LogP contribution in [0.25, 0.3) is 0 Å². The van der Waals surface area contributed by atoms with Crippen LogP contribution in [-0.2, 0) is 6.42 Å². The molecule has 0 spiro atoms. The van der Waals surface area contributed by atoms with Crippen LogP contribution in [0.2, 0.25) is 0 Å². The van der Waals surface area contributed by atoms with E-state index in [0.29, 0.717) is 30.2 Å². The van der Waals surface area contributed by atoms with E-state index in [4.69, 9.17) is 9.47 Å². The van der Waals surface area contributed by atoms with Gasteiger partial charge in [0.2, 0.25) is 0 Å². The summed E-state index contributed by atoms with van der Waals surface area (Å²) in [7, 11) is 1.59. The second-order valence-electron chi connectivity index (χ2n) is 6.66. The second-order valence-corrected chi connectivity index (χ2v) is 7.66. The first kappa shape index (κ1) is 18.6. The molecule has 4 rings (SSSR count). The van der Waals surface area contributed by atoms with Crippen LogP contribution in [0.4, 0.5) is 0 Å². The fraction of sp³-hybridized carbons (Fsp3) is 0.261. The molecule has 0 bridgehead atoms. The summed E-state index contributed by atoms with van der Waals surface area (Å²) in [6.45, 7) is 3.17. The molecule has 0 saturated heterocycles. The van der Waals surface area contributed by atoms with Gasteiger partial charge in [-0.05, 0) is 54.1 Å². The van der Waals surface area contributed by atoms with E-state index < -0.39 is 0 Å². The number of carbonyl (C=O) groups excluding carboxylic acids is 1. The topological polar surface area (TPSA) is 38.8 Å². The molecule has 1 aliphatic heterocycles. The van der Waals surface area contributed by atoms with Gasteiger partial charge in [-0.25, -0.2) is 0 Å². The average Bonchev–Trinajstić information content (AvgIpc) is 3.22. The van der Waals surface area contributed by atoms with E-state index in [1.54, 1.807) is 24.5 Å². The number of carbonyl (C=O) groups is 1. The Bertz CT molecular complexity index is 967. The first-order valence-electron chi connectivity index (χ1n) is 9.46. The highest BCUT2D eigenvalue weighted by molar-refractivity contribution is 7.10. The number of nitrogens with zero attached hydrogens (tertiary/aromatic N) is 1. The Kier molecular flexibility index (Phi) is 5.35. The Morgan fingerprint density at radius 2 is 1.96 bits per heavy atom. The van der Waals surface area contributed by atoms with E-state index in [1.165, 1.54) is 10.4 Å². The molecule has 0 N–H and O–H groups in total. The van der Waals surface area contributed by atoms with E-state index in [0.717, 1.165) is 12.0 Å². The summed E-state index contributed by atoms with van der Waals surface area (Å²) in [6, 6.07) is 17.7. The third-order valence-electron chi connectivity index (χ3n) is 5.05. The molecule has 0 radical (unpaired) electrons. The van der Waals surface area contributed by atoms with Gasteiger partial charge in [-0.1, -0.05) is 30.3 Å². The molecule has 0 fully saturated rings. The smallest absolute Gasteiger partial charge is 0.254 e. The molecule has 1 amide bonds. The quantitative estimate of drug-likeness (QED) is 0.616. The van der Waals surface area contributed by atoms with Gasteiger partial charge in [0.05, 0.1) is 19.8 Å². The van der Waals surface area contributed by atoms with Gasteiger partial charge < -0.3 is 14.4 Å². The molecule has 1 atom stereocenters. The lowest BCUT2D eigenvalue weighted by Crippen LogP contribution is -2.40. The van der Waals surface area contributed by atoms with Gasteiger partial charge in [0.1, 0.15) is 0 Å². The van der Waals surface area contributed by atoms with Crippen molar-refractivity contribution >= 4 is 17.2 Å². The second kappa shape index (κ2) is 8.07. The number of hydrogen-bond donors (Lipinski definition) is 0. The molecule has 0 saturated carbocycles. The lowest BCUT2D eigenvalue weighted by Gasteiger charge is -2.36. The van der Waals surface area contributed by atoms with Crippen molar-refractivity contribution in [2.24, 2.45) is 0 Å². The maximum atomic E-state index is 13.5. The molecule has 3 aromatic rings. The third-order valence-corrected chi connectivity index (χ3v) is 6.05. The molecule has 144 valence electrons. The highest BCUT2D eigenvalue weighted by Crippen LogP contribution is 2.39. The van der Waals surface area contributed by atoms with Crippen molar-refractivity contribution in [2.75, 3.05) is 20.3 Å². The fourth-order valence-electron chi connectivity index (χ4n) is 3.77. The van der Waals surface area contributed by atoms with Gasteiger partial charge in [-0.3, -0.25) is 4.79 Å². The largest absolute Gasteiger partial charge is 0.493 e. The molecule has 1 unspecified atom stereocenters. The van der Waals surface area contributed by atoms with Crippen LogP contribution in [0.1, 0.15) is 39.3 Å². The van der Waals surface area contributed by atoms with Crippen LogP contribution in [0.15, 0.2) is 60.0 Å². The number of methoxy groups -OCH3 is 1. The normalized spacial score (nSPS) is 15.8. The zero-order chi connectivity index (χ0) is 19.5. The van der Waals surface area contributed by atoms with E-state index in [-0.39, 0.29) is 11.9 Å². The Balaban J connectivity index is 1.72. The third kappa shape index (κ3) is 3.38. The van der Waals surface area contributed by atoms with Crippen LogP contribution in [0, 0.1) is 0 Å². The number of rotatable bonds is 5. The van der Waals surface area contributed by atoms with Crippen LogP contribution in [-0.4, -0.2) is 31.1 Å². The zero-order valence-electron chi connectivity index (χ0n) is 16.1. The van der Waals surface area contributed by atoms with Crippen molar-refractivity contribution in [3.05, 3.63) is 81.5 Å². The first-order valence-corrected chi connectivity index (χ1v) is 10.3. The van der Waals surface area contributed by atoms with Crippen molar-refractivity contribution in [3.8, 4) is 11.5 Å². The molecular formula is C23H23NO3S. The molecule has 5 heteroatoms. The predicted molar refractivity (Wildman–Crippen MR) is 112 cm³/mol. The van der Waals surface area contributed by atoms with Crippen molar-refractivity contribution in [2.45, 2.75) is 19.4 Å². The van der Waals surface area contributed by atoms with Crippen LogP contribution >= 0.6 is 11.3 Å². The van der Waals surface area contributed by atoms with Gasteiger partial charge >= 0.3 is 0 Å². The van der Waals surface area contributed by atoms with Crippen molar-refractivity contribution in [1.82, 2.24) is 4.90 Å². The first-order chi connectivity index (χ1) is 13.7. The molecule has 2 aromatic carbocycles. The van der Waals surface area contributed by atoms with Gasteiger partial charge in [0.25, 0.3) is 5.91 Å². The monoisotopic (exact) mass is 393 g/mol. The van der Waals surface area contributed by atoms with Crippen LogP contribution < -0.4 is 9.47 Å². The highest BCUT2D eigenvalue weighted by Gasteiger charge is 2.33. The molecule has 1 aliphatic rings. The Morgan fingerprint density at radius 3 is 2.71 bits per heavy atom. The maximum absolute atomic E-state index is 13.5. The number of benzene rings is 2. The Morgan fingerprint density at radius 1 is 1.14 bits per heavy atom. The zero-order valence-corrected chi connectivity index (χ0v) is 16.9. The number of hydrogen-bond acceptors (Lipinski definition) is 4. The minimum Gasteiger partial charge on any atom is -0.493 e. The van der Waals surface area contributed by atoms with Crippen molar-refractivity contribution in [3.63, 3.8) is 0 Å². The number of ether oxygens (including phenoxy) is 2. The van der Waals surface area contributed by atoms with E-state index in [1.807, 2.05) is 42.2 Å². The summed E-state index contributed by atoms with van der Waals surface area (Å²) >= 11 is 1.77. The summed E-state index contributed by atoms with van der Waals surface area (Å²) in [5.74, 6) is 1.24. The molecule has 28 heavy (non-hydrogen) atoms. The van der Waals surface area contributed by atoms with Crippen LogP contribution in [0.3, 0.4) is 0 Å². The van der Waals surface area contributed by atoms with E-state index >= 15 is 0 Å². The van der Waals surface area contributed by atoms with E-state index in [9.17, 15) is 4.79 Å². The van der Waals surface area contributed by atoms with Gasteiger partial charge in [-0.15, -0.1) is 11.3 Å². The number of thiophene rings is 1. The van der Waals surface area contributed by atoms with Crippen molar-refractivity contribution in [1.29, 1.82) is 0 Å². The molecular weight excluding hydrogens is 370 g/mol. The van der Waals surface area contributed by atoms with E-state index in [2.05, 4.69) is 23.6 Å². The van der Waals surface area contributed by atoms with Crippen molar-refractivity contribution < 1.29 is 14.3 Å². The number of fused-ring (bicyclic) bond motifs is 1. The lowest BCUT2D eigenvalue weighted by atomic mass is 9.92. The summed E-state index contributed by atoms with van der Waals surface area (Å²) in [6.07, 6.45) is 0.885. The van der Waals surface area contributed by atoms with Gasteiger partial charge in [-0.2, -0.15) is 0 Å². The predicted octanol–water partition coefficient (Wildman–Crippen LogP) is 4.94. The lowest BCUT2D eigenvalue weighted by molar-refractivity contribution is 0.0695. The highest BCUT2D eigenvalue weighted by atomic mass is 32.1. The summed E-state index contributed by atoms with van der Waals surface area (Å²) in [5, 5.41) is 2.12. The molecule has 0 aliphatic carbocycles. The molecule has 1 aromatic heterocycles.